The van der Waals surface area contributed by atoms with Crippen LogP contribution in [0.4, 0.5) is 0 Å². The van der Waals surface area contributed by atoms with Crippen LogP contribution in [0.25, 0.3) is 10.8 Å². The lowest BCUT2D eigenvalue weighted by Crippen LogP contribution is -2.46. The standard InChI is InChI=1S/C17H18N2O4/c20-16(21)11-19(13-5-8-23-9-6-13)17(22)15-3-1-2-12-10-18-7-4-14(12)15/h1-4,7,10,13H,5-6,8-9,11H2,(H,20,21). The van der Waals surface area contributed by atoms with Crippen LogP contribution in [0.15, 0.2) is 36.7 Å². The molecule has 0 saturated carbocycles. The summed E-state index contributed by atoms with van der Waals surface area (Å²) in [4.78, 5) is 29.7. The first kappa shape index (κ1) is 15.4. The van der Waals surface area contributed by atoms with Gasteiger partial charge in [0, 0.05) is 42.6 Å². The number of aromatic nitrogens is 1. The average Bonchev–Trinajstić information content (AvgIpc) is 2.59. The predicted molar refractivity (Wildman–Crippen MR) is 84.3 cm³/mol. The van der Waals surface area contributed by atoms with Gasteiger partial charge in [0.25, 0.3) is 5.91 Å². The van der Waals surface area contributed by atoms with Crippen LogP contribution in [0.3, 0.4) is 0 Å². The number of amides is 1. The quantitative estimate of drug-likeness (QED) is 0.933. The van der Waals surface area contributed by atoms with E-state index in [4.69, 9.17) is 4.74 Å². The van der Waals surface area contributed by atoms with Crippen LogP contribution in [0.1, 0.15) is 23.2 Å². The maximum atomic E-state index is 13.0. The molecule has 6 heteroatoms. The second kappa shape index (κ2) is 6.75. The summed E-state index contributed by atoms with van der Waals surface area (Å²) in [6.45, 7) is 0.798. The molecule has 0 bridgehead atoms. The van der Waals surface area contributed by atoms with E-state index >= 15 is 0 Å². The van der Waals surface area contributed by atoms with E-state index in [-0.39, 0.29) is 18.5 Å². The third-order valence-electron chi connectivity index (χ3n) is 4.11. The van der Waals surface area contributed by atoms with E-state index in [1.807, 2.05) is 6.07 Å². The number of carboxylic acid groups (broad SMARTS) is 1. The van der Waals surface area contributed by atoms with Gasteiger partial charge in [-0.2, -0.15) is 0 Å². The Kier molecular flexibility index (Phi) is 4.52. The van der Waals surface area contributed by atoms with Crippen LogP contribution in [-0.2, 0) is 9.53 Å². The van der Waals surface area contributed by atoms with Crippen LogP contribution in [-0.4, -0.2) is 52.7 Å². The molecular formula is C17H18N2O4. The van der Waals surface area contributed by atoms with Crippen molar-refractivity contribution in [2.45, 2.75) is 18.9 Å². The van der Waals surface area contributed by atoms with E-state index in [2.05, 4.69) is 4.98 Å². The van der Waals surface area contributed by atoms with Gasteiger partial charge >= 0.3 is 5.97 Å². The number of benzene rings is 1. The van der Waals surface area contributed by atoms with E-state index in [0.717, 1.165) is 10.8 Å². The van der Waals surface area contributed by atoms with E-state index in [1.165, 1.54) is 4.90 Å². The van der Waals surface area contributed by atoms with Gasteiger partial charge in [-0.25, -0.2) is 0 Å². The highest BCUT2D eigenvalue weighted by Crippen LogP contribution is 2.22. The fourth-order valence-electron chi connectivity index (χ4n) is 2.97. The monoisotopic (exact) mass is 314 g/mol. The number of rotatable bonds is 4. The Labute approximate surface area is 133 Å². The third kappa shape index (κ3) is 3.32. The maximum Gasteiger partial charge on any atom is 0.323 e. The molecule has 1 aliphatic heterocycles. The first-order valence-corrected chi connectivity index (χ1v) is 7.60. The zero-order valence-electron chi connectivity index (χ0n) is 12.6. The van der Waals surface area contributed by atoms with E-state index in [0.29, 0.717) is 31.6 Å². The number of hydrogen-bond acceptors (Lipinski definition) is 4. The number of nitrogens with zero attached hydrogens (tertiary/aromatic N) is 2. The Morgan fingerprint density at radius 3 is 2.78 bits per heavy atom. The molecule has 2 aromatic rings. The van der Waals surface area contributed by atoms with Gasteiger partial charge in [-0.1, -0.05) is 12.1 Å². The minimum Gasteiger partial charge on any atom is -0.480 e. The Hall–Kier alpha value is -2.47. The number of carbonyl (C=O) groups is 2. The molecular weight excluding hydrogens is 296 g/mol. The highest BCUT2D eigenvalue weighted by Gasteiger charge is 2.29. The molecule has 1 saturated heterocycles. The van der Waals surface area contributed by atoms with Crippen molar-refractivity contribution in [3.8, 4) is 0 Å². The lowest BCUT2D eigenvalue weighted by molar-refractivity contribution is -0.138. The SMILES string of the molecule is O=C(O)CN(C(=O)c1cccc2cnccc12)C1CCOCC1. The summed E-state index contributed by atoms with van der Waals surface area (Å²) in [7, 11) is 0. The minimum atomic E-state index is -1.01. The molecule has 0 aliphatic carbocycles. The van der Waals surface area contributed by atoms with Crippen molar-refractivity contribution < 1.29 is 19.4 Å². The van der Waals surface area contributed by atoms with E-state index in [1.54, 1.807) is 30.6 Å². The summed E-state index contributed by atoms with van der Waals surface area (Å²) in [5.74, 6) is -1.26. The number of hydrogen-bond donors (Lipinski definition) is 1. The van der Waals surface area contributed by atoms with Crippen molar-refractivity contribution in [2.75, 3.05) is 19.8 Å². The van der Waals surface area contributed by atoms with Crippen molar-refractivity contribution in [3.05, 3.63) is 42.2 Å². The molecule has 2 heterocycles. The van der Waals surface area contributed by atoms with Gasteiger partial charge in [0.1, 0.15) is 6.54 Å². The van der Waals surface area contributed by atoms with Gasteiger partial charge in [0.05, 0.1) is 0 Å². The fraction of sp³-hybridized carbons (Fsp3) is 0.353. The molecule has 0 unspecified atom stereocenters. The van der Waals surface area contributed by atoms with Crippen molar-refractivity contribution >= 4 is 22.6 Å². The molecule has 1 fully saturated rings. The number of ether oxygens (including phenoxy) is 1. The van der Waals surface area contributed by atoms with Crippen LogP contribution >= 0.6 is 0 Å². The summed E-state index contributed by atoms with van der Waals surface area (Å²) < 4.78 is 5.32. The number of aliphatic carboxylic acids is 1. The molecule has 1 aliphatic rings. The van der Waals surface area contributed by atoms with E-state index < -0.39 is 5.97 Å². The first-order valence-electron chi connectivity index (χ1n) is 7.60. The highest BCUT2D eigenvalue weighted by atomic mass is 16.5. The van der Waals surface area contributed by atoms with Gasteiger partial charge < -0.3 is 14.7 Å². The lowest BCUT2D eigenvalue weighted by atomic mass is 10.0. The van der Waals surface area contributed by atoms with Crippen LogP contribution in [0.5, 0.6) is 0 Å². The first-order chi connectivity index (χ1) is 11.2. The molecule has 3 rings (SSSR count). The third-order valence-corrected chi connectivity index (χ3v) is 4.11. The second-order valence-electron chi connectivity index (χ2n) is 5.57. The summed E-state index contributed by atoms with van der Waals surface area (Å²) in [5, 5.41) is 10.8. The number of carboxylic acids is 1. The van der Waals surface area contributed by atoms with Gasteiger partial charge in [-0.3, -0.25) is 14.6 Å². The van der Waals surface area contributed by atoms with Crippen LogP contribution in [0.2, 0.25) is 0 Å². The zero-order chi connectivity index (χ0) is 16.2. The van der Waals surface area contributed by atoms with Crippen LogP contribution < -0.4 is 0 Å². The summed E-state index contributed by atoms with van der Waals surface area (Å²) in [6.07, 6.45) is 4.65. The molecule has 0 spiro atoms. The smallest absolute Gasteiger partial charge is 0.323 e. The van der Waals surface area contributed by atoms with Gasteiger partial charge in [-0.15, -0.1) is 0 Å². The summed E-state index contributed by atoms with van der Waals surface area (Å²) in [5.41, 5.74) is 0.512. The van der Waals surface area contributed by atoms with Crippen molar-refractivity contribution in [2.24, 2.45) is 0 Å². The Bertz CT molecular complexity index is 720. The van der Waals surface area contributed by atoms with Crippen molar-refractivity contribution in [3.63, 3.8) is 0 Å². The fourth-order valence-corrected chi connectivity index (χ4v) is 2.97. The maximum absolute atomic E-state index is 13.0. The number of carbonyl (C=O) groups excluding carboxylic acids is 1. The second-order valence-corrected chi connectivity index (χ2v) is 5.57. The number of pyridine rings is 1. The summed E-state index contributed by atoms with van der Waals surface area (Å²) in [6, 6.07) is 7.09. The van der Waals surface area contributed by atoms with Gasteiger partial charge in [0.15, 0.2) is 0 Å². The zero-order valence-corrected chi connectivity index (χ0v) is 12.6. The highest BCUT2D eigenvalue weighted by molar-refractivity contribution is 6.07. The average molecular weight is 314 g/mol. The molecule has 1 aromatic heterocycles. The molecule has 23 heavy (non-hydrogen) atoms. The van der Waals surface area contributed by atoms with Crippen LogP contribution in [0, 0.1) is 0 Å². The van der Waals surface area contributed by atoms with Crippen molar-refractivity contribution in [1.82, 2.24) is 9.88 Å². The Morgan fingerprint density at radius 1 is 1.26 bits per heavy atom. The Balaban J connectivity index is 1.97. The molecule has 120 valence electrons. The van der Waals surface area contributed by atoms with Crippen molar-refractivity contribution in [1.29, 1.82) is 0 Å². The largest absolute Gasteiger partial charge is 0.480 e. The van der Waals surface area contributed by atoms with Gasteiger partial charge in [0.2, 0.25) is 0 Å². The summed E-state index contributed by atoms with van der Waals surface area (Å²) >= 11 is 0. The molecule has 1 N–H and O–H groups in total. The number of fused-ring (bicyclic) bond motifs is 1. The molecule has 6 nitrogen and oxygen atoms in total. The van der Waals surface area contributed by atoms with E-state index in [9.17, 15) is 14.7 Å². The lowest BCUT2D eigenvalue weighted by Gasteiger charge is -2.33. The molecule has 1 amide bonds. The molecule has 0 atom stereocenters. The Morgan fingerprint density at radius 2 is 2.04 bits per heavy atom. The molecule has 1 aromatic carbocycles. The normalized spacial score (nSPS) is 15.5. The minimum absolute atomic E-state index is 0.107. The topological polar surface area (TPSA) is 79.7 Å². The van der Waals surface area contributed by atoms with Gasteiger partial charge in [-0.05, 0) is 30.4 Å². The molecule has 0 radical (unpaired) electrons. The predicted octanol–water partition coefficient (Wildman–Crippen LogP) is 1.94.